The van der Waals surface area contributed by atoms with Crippen LogP contribution in [0.15, 0.2) is 4.42 Å². The minimum absolute atomic E-state index is 0.0696. The molecule has 0 spiro atoms. The SMILES string of the molecule is COC(C)(C)Cc1nc(C(F)(F)F)c(C(=O)O)o1. The Hall–Kier alpha value is -1.57. The Morgan fingerprint density at radius 1 is 1.44 bits per heavy atom. The van der Waals surface area contributed by atoms with Crippen molar-refractivity contribution in [3.63, 3.8) is 0 Å². The lowest BCUT2D eigenvalue weighted by molar-refractivity contribution is -0.141. The Kier molecular flexibility index (Phi) is 3.70. The predicted octanol–water partition coefficient (Wildman–Crippen LogP) is 2.36. The minimum Gasteiger partial charge on any atom is -0.475 e. The maximum Gasteiger partial charge on any atom is 0.437 e. The molecule has 18 heavy (non-hydrogen) atoms. The number of rotatable bonds is 4. The van der Waals surface area contributed by atoms with Gasteiger partial charge in [-0.15, -0.1) is 0 Å². The predicted molar refractivity (Wildman–Crippen MR) is 53.3 cm³/mol. The molecule has 0 amide bonds. The van der Waals surface area contributed by atoms with Crippen molar-refractivity contribution in [1.82, 2.24) is 4.98 Å². The first-order valence-corrected chi connectivity index (χ1v) is 4.92. The molecule has 0 atom stereocenters. The highest BCUT2D eigenvalue weighted by Gasteiger charge is 2.41. The zero-order valence-corrected chi connectivity index (χ0v) is 9.96. The lowest BCUT2D eigenvalue weighted by Crippen LogP contribution is -2.25. The molecule has 1 heterocycles. The van der Waals surface area contributed by atoms with E-state index in [-0.39, 0.29) is 12.3 Å². The molecule has 0 unspecified atom stereocenters. The molecule has 1 aromatic heterocycles. The van der Waals surface area contributed by atoms with E-state index in [1.165, 1.54) is 7.11 Å². The molecule has 1 N–H and O–H groups in total. The molecule has 0 bridgehead atoms. The number of hydrogen-bond acceptors (Lipinski definition) is 4. The van der Waals surface area contributed by atoms with Crippen LogP contribution in [-0.4, -0.2) is 28.8 Å². The van der Waals surface area contributed by atoms with Crippen molar-refractivity contribution in [1.29, 1.82) is 0 Å². The average Bonchev–Trinajstić information content (AvgIpc) is 2.60. The van der Waals surface area contributed by atoms with Crippen molar-refractivity contribution < 1.29 is 32.2 Å². The summed E-state index contributed by atoms with van der Waals surface area (Å²) in [6.07, 6.45) is -4.94. The van der Waals surface area contributed by atoms with E-state index in [4.69, 9.17) is 9.84 Å². The minimum atomic E-state index is -4.87. The Labute approximate surface area is 101 Å². The van der Waals surface area contributed by atoms with E-state index in [1.54, 1.807) is 13.8 Å². The molecule has 0 saturated carbocycles. The Bertz CT molecular complexity index is 450. The topological polar surface area (TPSA) is 72.6 Å². The van der Waals surface area contributed by atoms with Gasteiger partial charge in [0.2, 0.25) is 5.76 Å². The summed E-state index contributed by atoms with van der Waals surface area (Å²) in [5.74, 6) is -3.34. The van der Waals surface area contributed by atoms with E-state index in [2.05, 4.69) is 9.40 Å². The van der Waals surface area contributed by atoms with Gasteiger partial charge in [0, 0.05) is 7.11 Å². The lowest BCUT2D eigenvalue weighted by Gasteiger charge is -2.20. The summed E-state index contributed by atoms with van der Waals surface area (Å²) in [6.45, 7) is 3.23. The van der Waals surface area contributed by atoms with Gasteiger partial charge in [0.1, 0.15) is 0 Å². The molecule has 1 aromatic rings. The third-order valence-corrected chi connectivity index (χ3v) is 2.26. The van der Waals surface area contributed by atoms with Gasteiger partial charge in [0.05, 0.1) is 12.0 Å². The number of methoxy groups -OCH3 is 1. The van der Waals surface area contributed by atoms with Crippen molar-refractivity contribution in [2.45, 2.75) is 32.0 Å². The largest absolute Gasteiger partial charge is 0.475 e. The van der Waals surface area contributed by atoms with Crippen LogP contribution < -0.4 is 0 Å². The number of oxazole rings is 1. The smallest absolute Gasteiger partial charge is 0.437 e. The quantitative estimate of drug-likeness (QED) is 0.906. The average molecular weight is 267 g/mol. The fraction of sp³-hybridized carbons (Fsp3) is 0.600. The second-order valence-corrected chi connectivity index (χ2v) is 4.23. The van der Waals surface area contributed by atoms with Crippen molar-refractivity contribution in [2.75, 3.05) is 7.11 Å². The molecule has 0 aliphatic carbocycles. The number of aromatic carboxylic acids is 1. The Morgan fingerprint density at radius 3 is 2.33 bits per heavy atom. The Morgan fingerprint density at radius 2 is 2.00 bits per heavy atom. The fourth-order valence-corrected chi connectivity index (χ4v) is 1.21. The van der Waals surface area contributed by atoms with Crippen molar-refractivity contribution >= 4 is 5.97 Å². The summed E-state index contributed by atoms with van der Waals surface area (Å²) in [5.41, 5.74) is -2.33. The van der Waals surface area contributed by atoms with Gasteiger partial charge in [-0.3, -0.25) is 0 Å². The van der Waals surface area contributed by atoms with Gasteiger partial charge in [0.25, 0.3) is 0 Å². The molecule has 0 saturated heterocycles. The normalized spacial score (nSPS) is 12.8. The molecular formula is C10H12F3NO4. The van der Waals surface area contributed by atoms with Crippen LogP contribution in [0.2, 0.25) is 0 Å². The van der Waals surface area contributed by atoms with E-state index in [9.17, 15) is 18.0 Å². The number of ether oxygens (including phenoxy) is 1. The first kappa shape index (κ1) is 14.5. The van der Waals surface area contributed by atoms with E-state index in [0.29, 0.717) is 0 Å². The zero-order valence-electron chi connectivity index (χ0n) is 9.96. The first-order chi connectivity index (χ1) is 8.07. The third-order valence-electron chi connectivity index (χ3n) is 2.26. The number of carboxylic acid groups (broad SMARTS) is 1. The number of aromatic nitrogens is 1. The monoisotopic (exact) mass is 267 g/mol. The fourth-order valence-electron chi connectivity index (χ4n) is 1.21. The van der Waals surface area contributed by atoms with Crippen LogP contribution in [0.5, 0.6) is 0 Å². The number of carbonyl (C=O) groups is 1. The molecule has 102 valence electrons. The second-order valence-electron chi connectivity index (χ2n) is 4.23. The lowest BCUT2D eigenvalue weighted by atomic mass is 10.1. The van der Waals surface area contributed by atoms with Gasteiger partial charge < -0.3 is 14.3 Å². The van der Waals surface area contributed by atoms with Gasteiger partial charge >= 0.3 is 12.1 Å². The summed E-state index contributed by atoms with van der Waals surface area (Å²) in [6, 6.07) is 0. The molecule has 0 aliphatic heterocycles. The molecular weight excluding hydrogens is 255 g/mol. The van der Waals surface area contributed by atoms with Gasteiger partial charge in [-0.1, -0.05) is 0 Å². The van der Waals surface area contributed by atoms with E-state index >= 15 is 0 Å². The standard InChI is InChI=1S/C10H12F3NO4/c1-9(2,17-3)4-5-14-7(10(11,12)13)6(18-5)8(15)16/h4H2,1-3H3,(H,15,16). The van der Waals surface area contributed by atoms with Crippen LogP contribution in [-0.2, 0) is 17.3 Å². The van der Waals surface area contributed by atoms with E-state index < -0.39 is 29.2 Å². The first-order valence-electron chi connectivity index (χ1n) is 4.92. The molecule has 5 nitrogen and oxygen atoms in total. The van der Waals surface area contributed by atoms with Crippen LogP contribution in [0.1, 0.15) is 36.0 Å². The zero-order chi connectivity index (χ0) is 14.1. The molecule has 0 radical (unpaired) electrons. The summed E-state index contributed by atoms with van der Waals surface area (Å²) in [7, 11) is 1.38. The Balaban J connectivity index is 3.15. The number of hydrogen-bond donors (Lipinski definition) is 1. The van der Waals surface area contributed by atoms with Gasteiger partial charge in [-0.05, 0) is 13.8 Å². The highest BCUT2D eigenvalue weighted by atomic mass is 19.4. The molecule has 0 aromatic carbocycles. The highest BCUT2D eigenvalue weighted by molar-refractivity contribution is 5.85. The number of carboxylic acids is 1. The summed E-state index contributed by atoms with van der Waals surface area (Å²) < 4.78 is 47.2. The number of alkyl halides is 3. The van der Waals surface area contributed by atoms with Gasteiger partial charge in [0.15, 0.2) is 11.6 Å². The van der Waals surface area contributed by atoms with Crippen molar-refractivity contribution in [2.24, 2.45) is 0 Å². The molecule has 0 fully saturated rings. The van der Waals surface area contributed by atoms with Crippen LogP contribution in [0.4, 0.5) is 13.2 Å². The molecule has 0 aliphatic rings. The molecule has 1 rings (SSSR count). The van der Waals surface area contributed by atoms with Crippen molar-refractivity contribution in [3.05, 3.63) is 17.3 Å². The van der Waals surface area contributed by atoms with Crippen LogP contribution in [0.25, 0.3) is 0 Å². The van der Waals surface area contributed by atoms with E-state index in [1.807, 2.05) is 0 Å². The van der Waals surface area contributed by atoms with E-state index in [0.717, 1.165) is 0 Å². The van der Waals surface area contributed by atoms with Gasteiger partial charge in [-0.2, -0.15) is 13.2 Å². The van der Waals surface area contributed by atoms with Crippen LogP contribution in [0, 0.1) is 0 Å². The highest BCUT2D eigenvalue weighted by Crippen LogP contribution is 2.32. The summed E-state index contributed by atoms with van der Waals surface area (Å²) in [5, 5.41) is 8.63. The maximum atomic E-state index is 12.5. The van der Waals surface area contributed by atoms with Crippen LogP contribution >= 0.6 is 0 Å². The number of nitrogens with zero attached hydrogens (tertiary/aromatic N) is 1. The summed E-state index contributed by atoms with van der Waals surface area (Å²) >= 11 is 0. The third kappa shape index (κ3) is 3.22. The van der Waals surface area contributed by atoms with Crippen molar-refractivity contribution in [3.8, 4) is 0 Å². The second kappa shape index (κ2) is 4.60. The van der Waals surface area contributed by atoms with Gasteiger partial charge in [-0.25, -0.2) is 9.78 Å². The van der Waals surface area contributed by atoms with Crippen LogP contribution in [0.3, 0.4) is 0 Å². The maximum absolute atomic E-state index is 12.5. The molecule has 8 heteroatoms. The summed E-state index contributed by atoms with van der Waals surface area (Å²) in [4.78, 5) is 13.8. The number of halogens is 3.